The van der Waals surface area contributed by atoms with Crippen molar-refractivity contribution in [2.45, 2.75) is 58.6 Å². The Labute approximate surface area is 238 Å². The number of rotatable bonds is 11. The van der Waals surface area contributed by atoms with Gasteiger partial charge in [-0.3, -0.25) is 9.36 Å². The number of halogens is 1. The zero-order valence-corrected chi connectivity index (χ0v) is 23.6. The number of aromatic nitrogens is 3. The first-order valence-electron chi connectivity index (χ1n) is 13.4. The van der Waals surface area contributed by atoms with E-state index >= 15 is 0 Å². The van der Waals surface area contributed by atoms with Crippen LogP contribution >= 0.6 is 0 Å². The molecule has 41 heavy (non-hydrogen) atoms. The van der Waals surface area contributed by atoms with Crippen molar-refractivity contribution in [1.82, 2.24) is 30.5 Å². The fourth-order valence-electron chi connectivity index (χ4n) is 4.09. The Morgan fingerprint density at radius 1 is 0.976 bits per heavy atom. The number of pyridine rings is 2. The summed E-state index contributed by atoms with van der Waals surface area (Å²) >= 11 is 0. The quantitative estimate of drug-likeness (QED) is 0.187. The average Bonchev–Trinajstić information content (AvgIpc) is 3.36. The number of carbonyl (C=O) groups is 2. The number of aliphatic hydroxyl groups is 1. The Balaban J connectivity index is 1.46. The zero-order valence-electron chi connectivity index (χ0n) is 23.6. The van der Waals surface area contributed by atoms with Crippen LogP contribution in [-0.4, -0.2) is 55.9 Å². The van der Waals surface area contributed by atoms with E-state index in [1.54, 1.807) is 16.8 Å². The summed E-state index contributed by atoms with van der Waals surface area (Å²) in [6, 6.07) is 15.0. The standard InChI is InChI=1S/C30H36FN7O3/c1-19(2)37-24-13-26(32-17-23(24)28(39)34-18-25(31)30(3,4)41)38-11-10-22-12-21(15-33-27(22)38)16-36-29(40)35-14-20-8-6-5-7-9-20/h5-13,15,17,19,25,41H,14,16,18H2,1-4H3,(H,32,37)(H,34,39)(H2,35,36,40). The van der Waals surface area contributed by atoms with Gasteiger partial charge in [0.05, 0.1) is 23.4 Å². The van der Waals surface area contributed by atoms with Gasteiger partial charge in [-0.05, 0) is 51.0 Å². The summed E-state index contributed by atoms with van der Waals surface area (Å²) in [4.78, 5) is 34.2. The second-order valence-electron chi connectivity index (χ2n) is 10.7. The summed E-state index contributed by atoms with van der Waals surface area (Å²) in [6.07, 6.45) is 3.34. The number of carbonyl (C=O) groups excluding carboxylic acids is 2. The van der Waals surface area contributed by atoms with Gasteiger partial charge in [-0.25, -0.2) is 19.2 Å². The van der Waals surface area contributed by atoms with Crippen LogP contribution in [0.1, 0.15) is 49.2 Å². The molecule has 0 saturated heterocycles. The van der Waals surface area contributed by atoms with E-state index in [1.807, 2.05) is 62.5 Å². The van der Waals surface area contributed by atoms with Crippen LogP contribution in [0.5, 0.6) is 0 Å². The van der Waals surface area contributed by atoms with E-state index in [0.717, 1.165) is 16.5 Å². The molecule has 3 amide bonds. The Hall–Kier alpha value is -4.51. The van der Waals surface area contributed by atoms with Crippen LogP contribution in [0.4, 0.5) is 14.9 Å². The molecule has 1 unspecified atom stereocenters. The average molecular weight is 562 g/mol. The summed E-state index contributed by atoms with van der Waals surface area (Å²) in [6.45, 7) is 7.01. The van der Waals surface area contributed by atoms with Gasteiger partial charge in [-0.15, -0.1) is 0 Å². The molecular formula is C30H36FN7O3. The van der Waals surface area contributed by atoms with E-state index in [9.17, 15) is 19.1 Å². The minimum Gasteiger partial charge on any atom is -0.387 e. The molecule has 0 aliphatic heterocycles. The van der Waals surface area contributed by atoms with Crippen LogP contribution in [-0.2, 0) is 13.1 Å². The first kappa shape index (κ1) is 29.5. The molecule has 10 nitrogen and oxygen atoms in total. The molecule has 0 aliphatic rings. The Bertz CT molecular complexity index is 1500. The van der Waals surface area contributed by atoms with Crippen molar-refractivity contribution in [2.75, 3.05) is 11.9 Å². The molecule has 0 fully saturated rings. The van der Waals surface area contributed by atoms with E-state index in [4.69, 9.17) is 0 Å². The highest BCUT2D eigenvalue weighted by molar-refractivity contribution is 5.99. The lowest BCUT2D eigenvalue weighted by atomic mass is 10.0. The molecule has 0 saturated carbocycles. The Morgan fingerprint density at radius 3 is 2.37 bits per heavy atom. The maximum Gasteiger partial charge on any atom is 0.315 e. The summed E-state index contributed by atoms with van der Waals surface area (Å²) in [7, 11) is 0. The lowest BCUT2D eigenvalue weighted by Gasteiger charge is -2.23. The highest BCUT2D eigenvalue weighted by Crippen LogP contribution is 2.24. The maximum atomic E-state index is 14.2. The van der Waals surface area contributed by atoms with Crippen LogP contribution in [0.2, 0.25) is 0 Å². The zero-order chi connectivity index (χ0) is 29.6. The third-order valence-corrected chi connectivity index (χ3v) is 6.37. The topological polar surface area (TPSA) is 133 Å². The lowest BCUT2D eigenvalue weighted by Crippen LogP contribution is -2.42. The van der Waals surface area contributed by atoms with Gasteiger partial charge in [0.1, 0.15) is 17.6 Å². The highest BCUT2D eigenvalue weighted by Gasteiger charge is 2.27. The molecule has 4 rings (SSSR count). The smallest absolute Gasteiger partial charge is 0.315 e. The predicted molar refractivity (Wildman–Crippen MR) is 157 cm³/mol. The molecule has 0 radical (unpaired) electrons. The molecule has 0 bridgehead atoms. The maximum absolute atomic E-state index is 14.2. The summed E-state index contributed by atoms with van der Waals surface area (Å²) < 4.78 is 16.0. The molecule has 1 aromatic carbocycles. The number of benzene rings is 1. The van der Waals surface area contributed by atoms with Gasteiger partial charge in [0, 0.05) is 49.2 Å². The van der Waals surface area contributed by atoms with Gasteiger partial charge in [-0.2, -0.15) is 0 Å². The fourth-order valence-corrected chi connectivity index (χ4v) is 4.09. The fraction of sp³-hybridized carbons (Fsp3) is 0.333. The van der Waals surface area contributed by atoms with E-state index in [-0.39, 0.29) is 24.2 Å². The largest absolute Gasteiger partial charge is 0.387 e. The number of amides is 3. The lowest BCUT2D eigenvalue weighted by molar-refractivity contribution is -0.00177. The van der Waals surface area contributed by atoms with Crippen molar-refractivity contribution in [1.29, 1.82) is 0 Å². The van der Waals surface area contributed by atoms with Crippen LogP contribution in [0, 0.1) is 0 Å². The third kappa shape index (κ3) is 7.79. The number of hydrogen-bond acceptors (Lipinski definition) is 6. The minimum absolute atomic E-state index is 0.0154. The molecule has 216 valence electrons. The molecule has 1 atom stereocenters. The molecule has 3 aromatic heterocycles. The minimum atomic E-state index is -1.62. The van der Waals surface area contributed by atoms with E-state index < -0.39 is 17.7 Å². The number of urea groups is 1. The first-order chi connectivity index (χ1) is 19.5. The Morgan fingerprint density at radius 2 is 1.68 bits per heavy atom. The second kappa shape index (κ2) is 12.8. The highest BCUT2D eigenvalue weighted by atomic mass is 19.1. The first-order valence-corrected chi connectivity index (χ1v) is 13.4. The second-order valence-corrected chi connectivity index (χ2v) is 10.7. The van der Waals surface area contributed by atoms with Crippen LogP contribution in [0.25, 0.3) is 16.9 Å². The van der Waals surface area contributed by atoms with Crippen molar-refractivity contribution < 1.29 is 19.1 Å². The number of hydrogen-bond donors (Lipinski definition) is 5. The van der Waals surface area contributed by atoms with Gasteiger partial charge in [-0.1, -0.05) is 30.3 Å². The molecule has 3 heterocycles. The van der Waals surface area contributed by atoms with Crippen molar-refractivity contribution in [3.63, 3.8) is 0 Å². The van der Waals surface area contributed by atoms with Gasteiger partial charge in [0.2, 0.25) is 0 Å². The van der Waals surface area contributed by atoms with E-state index in [2.05, 4.69) is 31.2 Å². The SMILES string of the molecule is CC(C)Nc1cc(-n2ccc3cc(CNC(=O)NCc4ccccc4)cnc32)ncc1C(=O)NCC(F)C(C)(C)O. The molecule has 0 aliphatic carbocycles. The number of fused-ring (bicyclic) bond motifs is 1. The van der Waals surface area contributed by atoms with Gasteiger partial charge >= 0.3 is 6.03 Å². The molecule has 4 aromatic rings. The van der Waals surface area contributed by atoms with Gasteiger partial charge in [0.15, 0.2) is 0 Å². The van der Waals surface area contributed by atoms with Crippen molar-refractivity contribution in [3.8, 4) is 5.82 Å². The van der Waals surface area contributed by atoms with Crippen LogP contribution in [0.15, 0.2) is 67.1 Å². The number of anilines is 1. The van der Waals surface area contributed by atoms with Crippen molar-refractivity contribution in [3.05, 3.63) is 83.8 Å². The molecule has 5 N–H and O–H groups in total. The third-order valence-electron chi connectivity index (χ3n) is 6.37. The van der Waals surface area contributed by atoms with E-state index in [1.165, 1.54) is 20.0 Å². The molecule has 0 spiro atoms. The molecular weight excluding hydrogens is 525 g/mol. The molecule has 11 heteroatoms. The summed E-state index contributed by atoms with van der Waals surface area (Å²) in [5.74, 6) is 0.0396. The summed E-state index contributed by atoms with van der Waals surface area (Å²) in [5.41, 5.74) is 1.73. The number of alkyl halides is 1. The summed E-state index contributed by atoms with van der Waals surface area (Å²) in [5, 5.41) is 22.2. The normalized spacial score (nSPS) is 12.3. The van der Waals surface area contributed by atoms with Crippen LogP contribution in [0.3, 0.4) is 0 Å². The van der Waals surface area contributed by atoms with Crippen LogP contribution < -0.4 is 21.3 Å². The van der Waals surface area contributed by atoms with E-state index in [0.29, 0.717) is 30.2 Å². The monoisotopic (exact) mass is 561 g/mol. The Kier molecular flexibility index (Phi) is 9.18. The van der Waals surface area contributed by atoms with Crippen molar-refractivity contribution >= 4 is 28.7 Å². The van der Waals surface area contributed by atoms with Gasteiger partial charge < -0.3 is 26.4 Å². The number of nitrogens with zero attached hydrogens (tertiary/aromatic N) is 3. The predicted octanol–water partition coefficient (Wildman–Crippen LogP) is 4.08. The number of nitrogens with one attached hydrogen (secondary N) is 4. The van der Waals surface area contributed by atoms with Gasteiger partial charge in [0.25, 0.3) is 5.91 Å². The van der Waals surface area contributed by atoms with Crippen molar-refractivity contribution in [2.24, 2.45) is 0 Å².